The second kappa shape index (κ2) is 5.72. The Kier molecular flexibility index (Phi) is 4.57. The predicted octanol–water partition coefficient (Wildman–Crippen LogP) is 1.32. The third-order valence-electron chi connectivity index (χ3n) is 2.69. The number of carbonyl (C=O) groups is 1. The lowest BCUT2D eigenvalue weighted by Gasteiger charge is -2.23. The van der Waals surface area contributed by atoms with Crippen LogP contribution in [0.3, 0.4) is 0 Å². The second-order valence-electron chi connectivity index (χ2n) is 3.84. The van der Waals surface area contributed by atoms with Crippen LogP contribution in [0.2, 0.25) is 0 Å². The van der Waals surface area contributed by atoms with E-state index in [0.717, 1.165) is 12.8 Å². The normalized spacial score (nSPS) is 24.9. The fraction of sp³-hybridized carbons (Fsp3) is 0.818. The van der Waals surface area contributed by atoms with Crippen LogP contribution in [0.15, 0.2) is 0 Å². The molecule has 2 atom stereocenters. The molecule has 1 aliphatic rings. The molecule has 1 saturated heterocycles. The van der Waals surface area contributed by atoms with E-state index in [0.29, 0.717) is 19.5 Å². The molecule has 15 heavy (non-hydrogen) atoms. The van der Waals surface area contributed by atoms with E-state index in [-0.39, 0.29) is 18.1 Å². The third kappa shape index (κ3) is 3.21. The van der Waals surface area contributed by atoms with Crippen molar-refractivity contribution < 1.29 is 9.53 Å². The lowest BCUT2D eigenvalue weighted by molar-refractivity contribution is -0.142. The fourth-order valence-corrected chi connectivity index (χ4v) is 1.80. The molecule has 4 heteroatoms. The Morgan fingerprint density at radius 3 is 2.80 bits per heavy atom. The summed E-state index contributed by atoms with van der Waals surface area (Å²) in [5, 5.41) is 8.48. The smallest absolute Gasteiger partial charge is 0.251 e. The Labute approximate surface area is 90.8 Å². The van der Waals surface area contributed by atoms with E-state index in [1.807, 2.05) is 13.8 Å². The minimum Gasteiger partial charge on any atom is -0.365 e. The first-order chi connectivity index (χ1) is 7.19. The number of nitriles is 1. The van der Waals surface area contributed by atoms with Crippen LogP contribution in [-0.4, -0.2) is 36.1 Å². The van der Waals surface area contributed by atoms with Crippen molar-refractivity contribution in [1.82, 2.24) is 4.90 Å². The van der Waals surface area contributed by atoms with Gasteiger partial charge in [-0.25, -0.2) is 0 Å². The highest BCUT2D eigenvalue weighted by Crippen LogP contribution is 2.20. The van der Waals surface area contributed by atoms with Gasteiger partial charge in [-0.2, -0.15) is 5.26 Å². The maximum atomic E-state index is 11.9. The Morgan fingerprint density at radius 2 is 2.33 bits per heavy atom. The summed E-state index contributed by atoms with van der Waals surface area (Å²) in [5.74, 6) is 0.0390. The Hall–Kier alpha value is -1.08. The summed E-state index contributed by atoms with van der Waals surface area (Å²) in [5.41, 5.74) is 0. The van der Waals surface area contributed by atoms with Crippen LogP contribution >= 0.6 is 0 Å². The van der Waals surface area contributed by atoms with Gasteiger partial charge in [0.2, 0.25) is 0 Å². The molecule has 1 heterocycles. The molecular weight excluding hydrogens is 192 g/mol. The van der Waals surface area contributed by atoms with Gasteiger partial charge in [0.05, 0.1) is 18.6 Å². The van der Waals surface area contributed by atoms with E-state index in [1.165, 1.54) is 0 Å². The highest BCUT2D eigenvalue weighted by molar-refractivity contribution is 5.81. The molecule has 0 aromatic rings. The molecule has 0 spiro atoms. The molecular formula is C11H18N2O2. The molecule has 0 saturated carbocycles. The topological polar surface area (TPSA) is 53.3 Å². The summed E-state index contributed by atoms with van der Waals surface area (Å²) in [6.45, 7) is 5.07. The van der Waals surface area contributed by atoms with Crippen molar-refractivity contribution in [2.45, 2.75) is 45.3 Å². The van der Waals surface area contributed by atoms with Crippen molar-refractivity contribution >= 4 is 5.91 Å². The molecule has 1 fully saturated rings. The first-order valence-corrected chi connectivity index (χ1v) is 5.50. The van der Waals surface area contributed by atoms with Crippen molar-refractivity contribution in [2.75, 3.05) is 13.1 Å². The highest BCUT2D eigenvalue weighted by atomic mass is 16.5. The van der Waals surface area contributed by atoms with E-state index in [1.54, 1.807) is 4.90 Å². The van der Waals surface area contributed by atoms with Gasteiger partial charge in [0.15, 0.2) is 0 Å². The molecule has 1 aliphatic heterocycles. The number of carbonyl (C=O) groups excluding carboxylic acids is 1. The van der Waals surface area contributed by atoms with Crippen molar-refractivity contribution in [3.63, 3.8) is 0 Å². The SMILES string of the molecule is CCN(CCC#N)C(=O)C1CCC(C)O1. The van der Waals surface area contributed by atoms with Gasteiger partial charge in [-0.1, -0.05) is 0 Å². The maximum absolute atomic E-state index is 11.9. The van der Waals surface area contributed by atoms with Gasteiger partial charge >= 0.3 is 0 Å². The fourth-order valence-electron chi connectivity index (χ4n) is 1.80. The Balaban J connectivity index is 2.46. The second-order valence-corrected chi connectivity index (χ2v) is 3.84. The lowest BCUT2D eigenvalue weighted by atomic mass is 10.2. The molecule has 0 radical (unpaired) electrons. The number of ether oxygens (including phenoxy) is 1. The van der Waals surface area contributed by atoms with Crippen molar-refractivity contribution in [1.29, 1.82) is 5.26 Å². The van der Waals surface area contributed by atoms with E-state index >= 15 is 0 Å². The zero-order chi connectivity index (χ0) is 11.3. The van der Waals surface area contributed by atoms with E-state index < -0.39 is 0 Å². The van der Waals surface area contributed by atoms with Crippen LogP contribution in [0.5, 0.6) is 0 Å². The molecule has 0 aliphatic carbocycles. The molecule has 0 bridgehead atoms. The van der Waals surface area contributed by atoms with Crippen LogP contribution < -0.4 is 0 Å². The molecule has 0 aromatic heterocycles. The predicted molar refractivity (Wildman–Crippen MR) is 56.1 cm³/mol. The largest absolute Gasteiger partial charge is 0.365 e. The van der Waals surface area contributed by atoms with Crippen LogP contribution in [0.1, 0.15) is 33.1 Å². The van der Waals surface area contributed by atoms with Crippen molar-refractivity contribution in [3.8, 4) is 6.07 Å². The number of hydrogen-bond donors (Lipinski definition) is 0. The van der Waals surface area contributed by atoms with Crippen LogP contribution in [0.25, 0.3) is 0 Å². The van der Waals surface area contributed by atoms with Gasteiger partial charge in [0.25, 0.3) is 5.91 Å². The molecule has 1 rings (SSSR count). The molecule has 4 nitrogen and oxygen atoms in total. The van der Waals surface area contributed by atoms with Gasteiger partial charge in [0, 0.05) is 13.1 Å². The average Bonchev–Trinajstić information content (AvgIpc) is 2.65. The zero-order valence-electron chi connectivity index (χ0n) is 9.40. The molecule has 0 N–H and O–H groups in total. The van der Waals surface area contributed by atoms with Crippen molar-refractivity contribution in [2.24, 2.45) is 0 Å². The molecule has 2 unspecified atom stereocenters. The zero-order valence-corrected chi connectivity index (χ0v) is 9.40. The maximum Gasteiger partial charge on any atom is 0.251 e. The number of rotatable bonds is 4. The van der Waals surface area contributed by atoms with Crippen LogP contribution in [-0.2, 0) is 9.53 Å². The summed E-state index contributed by atoms with van der Waals surface area (Å²) in [4.78, 5) is 13.6. The number of amides is 1. The highest BCUT2D eigenvalue weighted by Gasteiger charge is 2.30. The minimum absolute atomic E-state index is 0.0390. The Morgan fingerprint density at radius 1 is 1.60 bits per heavy atom. The third-order valence-corrected chi connectivity index (χ3v) is 2.69. The van der Waals surface area contributed by atoms with Gasteiger partial charge in [-0.15, -0.1) is 0 Å². The molecule has 1 amide bonds. The van der Waals surface area contributed by atoms with Crippen LogP contribution in [0.4, 0.5) is 0 Å². The van der Waals surface area contributed by atoms with Crippen LogP contribution in [0, 0.1) is 11.3 Å². The summed E-state index contributed by atoms with van der Waals surface area (Å²) in [7, 11) is 0. The number of hydrogen-bond acceptors (Lipinski definition) is 3. The van der Waals surface area contributed by atoms with Gasteiger partial charge in [-0.3, -0.25) is 4.79 Å². The Bertz CT molecular complexity index is 260. The lowest BCUT2D eigenvalue weighted by Crippen LogP contribution is -2.39. The minimum atomic E-state index is -0.279. The van der Waals surface area contributed by atoms with Crippen molar-refractivity contribution in [3.05, 3.63) is 0 Å². The summed E-state index contributed by atoms with van der Waals surface area (Å²) in [6, 6.07) is 2.05. The number of likely N-dealkylation sites (N-methyl/N-ethyl adjacent to an activating group) is 1. The summed E-state index contributed by atoms with van der Waals surface area (Å²) < 4.78 is 5.51. The van der Waals surface area contributed by atoms with Gasteiger partial charge < -0.3 is 9.64 Å². The molecule has 84 valence electrons. The average molecular weight is 210 g/mol. The molecule has 0 aromatic carbocycles. The summed E-state index contributed by atoms with van der Waals surface area (Å²) in [6.07, 6.45) is 2.06. The van der Waals surface area contributed by atoms with Gasteiger partial charge in [-0.05, 0) is 26.7 Å². The summed E-state index contributed by atoms with van der Waals surface area (Å²) >= 11 is 0. The van der Waals surface area contributed by atoms with E-state index in [9.17, 15) is 4.79 Å². The standard InChI is InChI=1S/C11H18N2O2/c1-3-13(8-4-7-12)11(14)10-6-5-9(2)15-10/h9-10H,3-6,8H2,1-2H3. The number of nitrogens with zero attached hydrogens (tertiary/aromatic N) is 2. The first kappa shape index (κ1) is 12.0. The monoisotopic (exact) mass is 210 g/mol. The quantitative estimate of drug-likeness (QED) is 0.703. The van der Waals surface area contributed by atoms with E-state index in [2.05, 4.69) is 6.07 Å². The van der Waals surface area contributed by atoms with Gasteiger partial charge in [0.1, 0.15) is 6.10 Å². The first-order valence-electron chi connectivity index (χ1n) is 5.50. The van der Waals surface area contributed by atoms with E-state index in [4.69, 9.17) is 10.00 Å².